The quantitative estimate of drug-likeness (QED) is 0.624. The van der Waals surface area contributed by atoms with Gasteiger partial charge in [-0.3, -0.25) is 9.78 Å². The lowest BCUT2D eigenvalue weighted by Gasteiger charge is -2.30. The van der Waals surface area contributed by atoms with Crippen LogP contribution in [0.3, 0.4) is 0 Å². The van der Waals surface area contributed by atoms with Crippen molar-refractivity contribution in [3.63, 3.8) is 0 Å². The molecule has 1 fully saturated rings. The van der Waals surface area contributed by atoms with E-state index in [0.717, 1.165) is 15.0 Å². The van der Waals surface area contributed by atoms with Gasteiger partial charge in [0.2, 0.25) is 0 Å². The molecule has 2 atom stereocenters. The number of thiophene rings is 1. The summed E-state index contributed by atoms with van der Waals surface area (Å²) in [6.45, 7) is 1.13. The number of nitrogens with two attached hydrogens (primary N) is 1. The van der Waals surface area contributed by atoms with E-state index in [4.69, 9.17) is 10.5 Å². The van der Waals surface area contributed by atoms with Crippen molar-refractivity contribution in [1.82, 2.24) is 15.3 Å². The molecule has 2 aliphatic rings. The highest BCUT2D eigenvalue weighted by atomic mass is 32.1. The smallest absolute Gasteiger partial charge is 0.254 e. The second-order valence-electron chi connectivity index (χ2n) is 6.96. The molecular formula is C19H18FN5O2S. The van der Waals surface area contributed by atoms with Gasteiger partial charge in [0.25, 0.3) is 5.91 Å². The van der Waals surface area contributed by atoms with Crippen molar-refractivity contribution >= 4 is 33.1 Å². The Morgan fingerprint density at radius 1 is 1.43 bits per heavy atom. The lowest BCUT2D eigenvalue weighted by atomic mass is 10.0. The summed E-state index contributed by atoms with van der Waals surface area (Å²) >= 11 is 1.50. The topological polar surface area (TPSA) is 102 Å². The number of ether oxygens (including phenoxy) is 1. The van der Waals surface area contributed by atoms with E-state index >= 15 is 4.39 Å². The lowest BCUT2D eigenvalue weighted by molar-refractivity contribution is 0.0751. The van der Waals surface area contributed by atoms with Crippen molar-refractivity contribution in [2.75, 3.05) is 18.5 Å². The van der Waals surface area contributed by atoms with Gasteiger partial charge < -0.3 is 21.1 Å². The molecule has 4 N–H and O–H groups in total. The maximum atomic E-state index is 15.1. The van der Waals surface area contributed by atoms with Gasteiger partial charge in [0.05, 0.1) is 22.7 Å². The summed E-state index contributed by atoms with van der Waals surface area (Å²) in [4.78, 5) is 21.9. The lowest BCUT2D eigenvalue weighted by Crippen LogP contribution is -2.48. The van der Waals surface area contributed by atoms with Crippen molar-refractivity contribution in [1.29, 1.82) is 0 Å². The fourth-order valence-electron chi connectivity index (χ4n) is 3.67. The molecule has 1 saturated heterocycles. The van der Waals surface area contributed by atoms with Gasteiger partial charge in [0.15, 0.2) is 11.6 Å². The average molecular weight is 399 g/mol. The zero-order valence-corrected chi connectivity index (χ0v) is 15.7. The number of nitrogens with zero attached hydrogens (tertiary/aromatic N) is 2. The second-order valence-corrected chi connectivity index (χ2v) is 8.05. The minimum atomic E-state index is -0.501. The van der Waals surface area contributed by atoms with Crippen LogP contribution in [-0.4, -0.2) is 41.2 Å². The van der Waals surface area contributed by atoms with Crippen LogP contribution in [0.2, 0.25) is 0 Å². The first-order chi connectivity index (χ1) is 13.6. The largest absolute Gasteiger partial charge is 0.380 e. The number of fused-ring (bicyclic) bond motifs is 2. The van der Waals surface area contributed by atoms with E-state index in [1.165, 1.54) is 11.3 Å². The third-order valence-electron chi connectivity index (χ3n) is 5.16. The van der Waals surface area contributed by atoms with Gasteiger partial charge in [-0.2, -0.15) is 0 Å². The zero-order chi connectivity index (χ0) is 19.3. The average Bonchev–Trinajstić information content (AvgIpc) is 3.30. The predicted octanol–water partition coefficient (Wildman–Crippen LogP) is 2.27. The number of nitrogens with one attached hydrogen (secondary N) is 2. The Labute approximate surface area is 164 Å². The van der Waals surface area contributed by atoms with E-state index in [-0.39, 0.29) is 30.4 Å². The number of halogens is 1. The van der Waals surface area contributed by atoms with Crippen molar-refractivity contribution in [2.45, 2.75) is 25.0 Å². The Morgan fingerprint density at radius 2 is 2.32 bits per heavy atom. The first kappa shape index (κ1) is 17.5. The molecule has 0 bridgehead atoms. The van der Waals surface area contributed by atoms with Crippen molar-refractivity contribution in [3.05, 3.63) is 41.5 Å². The fourth-order valence-corrected chi connectivity index (χ4v) is 4.70. The number of carbonyl (C=O) groups is 1. The van der Waals surface area contributed by atoms with Crippen LogP contribution in [0.15, 0.2) is 24.5 Å². The van der Waals surface area contributed by atoms with Crippen molar-refractivity contribution in [2.24, 2.45) is 5.73 Å². The molecule has 9 heteroatoms. The first-order valence-electron chi connectivity index (χ1n) is 9.06. The summed E-state index contributed by atoms with van der Waals surface area (Å²) in [6, 6.07) is 3.46. The SMILES string of the molecule is NC1COCCC1Nc1nc(-c2cc3cnccc3s2)c2c(c1F)CNC2=O. The number of hydrogen-bond donors (Lipinski definition) is 3. The third kappa shape index (κ3) is 2.83. The number of pyridine rings is 2. The Hall–Kier alpha value is -2.62. The van der Waals surface area contributed by atoms with Gasteiger partial charge in [-0.25, -0.2) is 9.37 Å². The molecule has 0 aliphatic carbocycles. The molecule has 2 unspecified atom stereocenters. The molecule has 3 aromatic heterocycles. The number of hydrogen-bond acceptors (Lipinski definition) is 7. The van der Waals surface area contributed by atoms with Crippen LogP contribution in [-0.2, 0) is 11.3 Å². The molecule has 5 heterocycles. The molecule has 5 rings (SSSR count). The molecule has 0 radical (unpaired) electrons. The van der Waals surface area contributed by atoms with Gasteiger partial charge in [-0.1, -0.05) is 0 Å². The molecule has 3 aromatic rings. The predicted molar refractivity (Wildman–Crippen MR) is 105 cm³/mol. The van der Waals surface area contributed by atoms with Crippen LogP contribution in [0.1, 0.15) is 22.3 Å². The van der Waals surface area contributed by atoms with Crippen LogP contribution in [0.25, 0.3) is 20.7 Å². The fraction of sp³-hybridized carbons (Fsp3) is 0.316. The van der Waals surface area contributed by atoms with Crippen molar-refractivity contribution < 1.29 is 13.9 Å². The molecule has 0 saturated carbocycles. The minimum absolute atomic E-state index is 0.128. The van der Waals surface area contributed by atoms with Gasteiger partial charge in [0, 0.05) is 53.3 Å². The molecule has 0 aromatic carbocycles. The van der Waals surface area contributed by atoms with E-state index in [1.807, 2.05) is 12.1 Å². The summed E-state index contributed by atoms with van der Waals surface area (Å²) in [7, 11) is 0. The summed E-state index contributed by atoms with van der Waals surface area (Å²) in [6.07, 6.45) is 4.15. The molecule has 7 nitrogen and oxygen atoms in total. The van der Waals surface area contributed by atoms with Gasteiger partial charge in [-0.05, 0) is 18.6 Å². The molecule has 1 amide bonds. The summed E-state index contributed by atoms with van der Waals surface area (Å²) in [5, 5.41) is 6.82. The Kier molecular flexibility index (Phi) is 4.22. The standard InChI is InChI=1S/C19H18FN5O2S/c20-16-10-7-23-19(26)15(10)17(14-5-9-6-22-3-1-13(9)28-14)25-18(16)24-12-2-4-27-8-11(12)21/h1,3,5-6,11-12H,2,4,7-8,21H2,(H,23,26)(H,24,25). The number of rotatable bonds is 3. The van der Waals surface area contributed by atoms with E-state index in [0.29, 0.717) is 36.5 Å². The van der Waals surface area contributed by atoms with E-state index in [9.17, 15) is 4.79 Å². The zero-order valence-electron chi connectivity index (χ0n) is 14.9. The molecular weight excluding hydrogens is 381 g/mol. The highest BCUT2D eigenvalue weighted by Crippen LogP contribution is 2.38. The Balaban J connectivity index is 1.63. The van der Waals surface area contributed by atoms with Crippen LogP contribution in [0, 0.1) is 5.82 Å². The molecule has 0 spiro atoms. The summed E-state index contributed by atoms with van der Waals surface area (Å²) in [5.41, 5.74) is 7.23. The Bertz CT molecular complexity index is 1050. The second kappa shape index (κ2) is 6.77. The summed E-state index contributed by atoms with van der Waals surface area (Å²) < 4.78 is 21.5. The number of amides is 1. The first-order valence-corrected chi connectivity index (χ1v) is 9.88. The van der Waals surface area contributed by atoms with E-state index in [2.05, 4.69) is 20.6 Å². The maximum absolute atomic E-state index is 15.1. The Morgan fingerprint density at radius 3 is 3.14 bits per heavy atom. The van der Waals surface area contributed by atoms with E-state index < -0.39 is 5.82 Å². The van der Waals surface area contributed by atoms with Crippen LogP contribution in [0.5, 0.6) is 0 Å². The highest BCUT2D eigenvalue weighted by molar-refractivity contribution is 7.22. The van der Waals surface area contributed by atoms with Gasteiger partial charge >= 0.3 is 0 Å². The minimum Gasteiger partial charge on any atom is -0.380 e. The number of carbonyl (C=O) groups excluding carboxylic acids is 1. The van der Waals surface area contributed by atoms with Gasteiger partial charge in [0.1, 0.15) is 0 Å². The normalized spacial score (nSPS) is 21.6. The van der Waals surface area contributed by atoms with Crippen LogP contribution < -0.4 is 16.4 Å². The summed E-state index contributed by atoms with van der Waals surface area (Å²) in [5.74, 6) is -0.678. The molecule has 28 heavy (non-hydrogen) atoms. The maximum Gasteiger partial charge on any atom is 0.254 e. The highest BCUT2D eigenvalue weighted by Gasteiger charge is 2.32. The van der Waals surface area contributed by atoms with Gasteiger partial charge in [-0.15, -0.1) is 11.3 Å². The van der Waals surface area contributed by atoms with E-state index in [1.54, 1.807) is 12.4 Å². The van der Waals surface area contributed by atoms with Crippen molar-refractivity contribution in [3.8, 4) is 10.6 Å². The molecule has 144 valence electrons. The third-order valence-corrected chi connectivity index (χ3v) is 6.28. The van der Waals surface area contributed by atoms with Crippen LogP contribution in [0.4, 0.5) is 10.2 Å². The monoisotopic (exact) mass is 399 g/mol. The number of aromatic nitrogens is 2. The van der Waals surface area contributed by atoms with Crippen LogP contribution >= 0.6 is 11.3 Å². The number of anilines is 1. The molecule has 2 aliphatic heterocycles.